The molecule has 39 heavy (non-hydrogen) atoms. The van der Waals surface area contributed by atoms with Gasteiger partial charge in [0.1, 0.15) is 11.5 Å². The molecule has 1 N–H and O–H groups in total. The molecule has 0 aromatic carbocycles. The molecule has 1 aliphatic carbocycles. The lowest BCUT2D eigenvalue weighted by molar-refractivity contribution is 0.101. The smallest absolute Gasteiger partial charge is 0.281 e. The summed E-state index contributed by atoms with van der Waals surface area (Å²) in [6.07, 6.45) is 7.22. The summed E-state index contributed by atoms with van der Waals surface area (Å²) in [5.41, 5.74) is 1.93. The van der Waals surface area contributed by atoms with E-state index in [1.807, 2.05) is 12.1 Å². The molecule has 1 saturated carbocycles. The minimum Gasteiger partial charge on any atom is -0.368 e. The molecule has 3 aromatic rings. The molecule has 208 valence electrons. The molecule has 0 atom stereocenters. The van der Waals surface area contributed by atoms with Crippen LogP contribution >= 0.6 is 0 Å². The van der Waals surface area contributed by atoms with E-state index in [1.54, 1.807) is 23.9 Å². The number of aromatic nitrogens is 4. The van der Waals surface area contributed by atoms with E-state index in [0.29, 0.717) is 54.5 Å². The normalized spacial score (nSPS) is 17.3. The van der Waals surface area contributed by atoms with Crippen LogP contribution in [0.2, 0.25) is 0 Å². The van der Waals surface area contributed by atoms with Gasteiger partial charge in [0.2, 0.25) is 5.95 Å². The fourth-order valence-electron chi connectivity index (χ4n) is 5.48. The second-order valence-electron chi connectivity index (χ2n) is 10.3. The third kappa shape index (κ3) is 5.13. The van der Waals surface area contributed by atoms with Gasteiger partial charge in [-0.1, -0.05) is 12.8 Å². The first-order chi connectivity index (χ1) is 18.6. The zero-order chi connectivity index (χ0) is 27.9. The molecule has 1 aliphatic heterocycles. The molecular weight excluding hydrogens is 520 g/mol. The molecular formula is C26H34N8O4S. The number of hydrogen-bond donors (Lipinski definition) is 1. The van der Waals surface area contributed by atoms with Gasteiger partial charge >= 0.3 is 0 Å². The highest BCUT2D eigenvalue weighted by molar-refractivity contribution is 7.86. The lowest BCUT2D eigenvalue weighted by Gasteiger charge is -2.36. The zero-order valence-electron chi connectivity index (χ0n) is 22.7. The zero-order valence-corrected chi connectivity index (χ0v) is 23.5. The van der Waals surface area contributed by atoms with Gasteiger partial charge in [0, 0.05) is 57.9 Å². The van der Waals surface area contributed by atoms with Crippen LogP contribution in [0.1, 0.15) is 54.6 Å². The van der Waals surface area contributed by atoms with Crippen LogP contribution in [0.25, 0.3) is 11.0 Å². The van der Waals surface area contributed by atoms with Crippen molar-refractivity contribution >= 4 is 44.5 Å². The summed E-state index contributed by atoms with van der Waals surface area (Å²) in [6, 6.07) is 3.75. The van der Waals surface area contributed by atoms with E-state index in [9.17, 15) is 18.0 Å². The average molecular weight is 555 g/mol. The molecule has 0 amide bonds. The first-order valence-electron chi connectivity index (χ1n) is 13.2. The number of ketones is 1. The van der Waals surface area contributed by atoms with Crippen molar-refractivity contribution in [2.75, 3.05) is 50.5 Å². The predicted octanol–water partition coefficient (Wildman–Crippen LogP) is 2.48. The predicted molar refractivity (Wildman–Crippen MR) is 150 cm³/mol. The van der Waals surface area contributed by atoms with Crippen molar-refractivity contribution in [3.63, 3.8) is 0 Å². The molecule has 2 fully saturated rings. The summed E-state index contributed by atoms with van der Waals surface area (Å²) >= 11 is 0. The van der Waals surface area contributed by atoms with Gasteiger partial charge < -0.3 is 10.2 Å². The topological polar surface area (TPSA) is 134 Å². The van der Waals surface area contributed by atoms with Crippen molar-refractivity contribution in [3.8, 4) is 0 Å². The second-order valence-corrected chi connectivity index (χ2v) is 12.4. The maximum atomic E-state index is 13.4. The molecule has 4 heterocycles. The van der Waals surface area contributed by atoms with Gasteiger partial charge in [0.05, 0.1) is 17.4 Å². The molecule has 13 heteroatoms. The molecule has 5 rings (SSSR count). The van der Waals surface area contributed by atoms with Crippen LogP contribution in [0.4, 0.5) is 17.5 Å². The van der Waals surface area contributed by atoms with Gasteiger partial charge in [-0.25, -0.2) is 9.97 Å². The Morgan fingerprint density at radius 1 is 1.05 bits per heavy atom. The van der Waals surface area contributed by atoms with E-state index in [1.165, 1.54) is 29.6 Å². The van der Waals surface area contributed by atoms with Crippen LogP contribution in [0.15, 0.2) is 29.3 Å². The fourth-order valence-corrected chi connectivity index (χ4v) is 6.56. The SMILES string of the molecule is CC(=O)c1c(C)c2cnc(Nc3ccc(N4CCN(S(=O)(=O)N(C)C)CC4)cn3)nc2n(C2CCCC2)c1=O. The Kier molecular flexibility index (Phi) is 7.40. The van der Waals surface area contributed by atoms with Crippen LogP contribution in [-0.4, -0.2) is 82.6 Å². The Balaban J connectivity index is 1.37. The summed E-state index contributed by atoms with van der Waals surface area (Å²) in [4.78, 5) is 41.5. The number of carbonyl (C=O) groups is 1. The first kappa shape index (κ1) is 27.2. The van der Waals surface area contributed by atoms with Crippen molar-refractivity contribution in [1.29, 1.82) is 0 Å². The maximum absolute atomic E-state index is 13.4. The minimum atomic E-state index is -3.42. The Bertz CT molecular complexity index is 1560. The van der Waals surface area contributed by atoms with Crippen molar-refractivity contribution in [2.45, 2.75) is 45.6 Å². The highest BCUT2D eigenvalue weighted by Gasteiger charge is 2.29. The number of Topliss-reactive ketones (excluding diaryl/α,β-unsaturated/α-hetero) is 1. The second kappa shape index (κ2) is 10.6. The summed E-state index contributed by atoms with van der Waals surface area (Å²) in [5.74, 6) is 0.600. The number of nitrogens with zero attached hydrogens (tertiary/aromatic N) is 7. The molecule has 0 radical (unpaired) electrons. The third-order valence-electron chi connectivity index (χ3n) is 7.63. The van der Waals surface area contributed by atoms with Crippen molar-refractivity contribution < 1.29 is 13.2 Å². The summed E-state index contributed by atoms with van der Waals surface area (Å²) in [6.45, 7) is 5.13. The molecule has 0 unspecified atom stereocenters. The van der Waals surface area contributed by atoms with Crippen LogP contribution in [0, 0.1) is 6.92 Å². The van der Waals surface area contributed by atoms with Crippen LogP contribution in [0.5, 0.6) is 0 Å². The van der Waals surface area contributed by atoms with Gasteiger partial charge in [-0.2, -0.15) is 22.0 Å². The van der Waals surface area contributed by atoms with Gasteiger partial charge in [-0.3, -0.25) is 14.2 Å². The van der Waals surface area contributed by atoms with E-state index in [0.717, 1.165) is 31.4 Å². The van der Waals surface area contributed by atoms with Gasteiger partial charge in [-0.15, -0.1) is 0 Å². The number of nitrogens with one attached hydrogen (secondary N) is 1. The molecule has 3 aromatic heterocycles. The molecule has 12 nitrogen and oxygen atoms in total. The van der Waals surface area contributed by atoms with E-state index in [-0.39, 0.29) is 22.9 Å². The minimum absolute atomic E-state index is 0.00652. The summed E-state index contributed by atoms with van der Waals surface area (Å²) in [5, 5.41) is 3.82. The van der Waals surface area contributed by atoms with Crippen molar-refractivity contribution in [2.24, 2.45) is 0 Å². The van der Waals surface area contributed by atoms with Crippen LogP contribution in [-0.2, 0) is 10.2 Å². The highest BCUT2D eigenvalue weighted by atomic mass is 32.2. The standard InChI is InChI=1S/C26H34N8O4S/c1-17-21-16-28-26(30-24(21)34(19-7-5-6-8-19)25(36)23(17)18(2)35)29-22-10-9-20(15-27-22)32-11-13-33(14-12-32)39(37,38)31(3)4/h9-10,15-16,19H,5-8,11-14H2,1-4H3,(H,27,28,29,30). The summed E-state index contributed by atoms with van der Waals surface area (Å²) < 4.78 is 29.2. The van der Waals surface area contributed by atoms with E-state index in [4.69, 9.17) is 4.98 Å². The number of hydrogen-bond acceptors (Lipinski definition) is 9. The number of fused-ring (bicyclic) bond motifs is 1. The maximum Gasteiger partial charge on any atom is 0.281 e. The van der Waals surface area contributed by atoms with E-state index in [2.05, 4.69) is 20.2 Å². The van der Waals surface area contributed by atoms with Crippen LogP contribution in [0.3, 0.4) is 0 Å². The van der Waals surface area contributed by atoms with Crippen molar-refractivity contribution in [1.82, 2.24) is 28.1 Å². The molecule has 1 saturated heterocycles. The Hall–Kier alpha value is -3.42. The number of rotatable bonds is 7. The monoisotopic (exact) mass is 554 g/mol. The lowest BCUT2D eigenvalue weighted by atomic mass is 10.0. The van der Waals surface area contributed by atoms with Gasteiger partial charge in [0.25, 0.3) is 15.8 Å². The van der Waals surface area contributed by atoms with Gasteiger partial charge in [0.15, 0.2) is 5.78 Å². The van der Waals surface area contributed by atoms with E-state index < -0.39 is 10.2 Å². The quantitative estimate of drug-likeness (QED) is 0.437. The van der Waals surface area contributed by atoms with Crippen LogP contribution < -0.4 is 15.8 Å². The number of anilines is 3. The first-order valence-corrected chi connectivity index (χ1v) is 14.6. The number of carbonyl (C=O) groups excluding carboxylic acids is 1. The van der Waals surface area contributed by atoms with E-state index >= 15 is 0 Å². The van der Waals surface area contributed by atoms with Gasteiger partial charge in [-0.05, 0) is 44.4 Å². The summed E-state index contributed by atoms with van der Waals surface area (Å²) in [7, 11) is -0.348. The number of aryl methyl sites for hydroxylation is 1. The fraction of sp³-hybridized carbons (Fsp3) is 0.500. The number of piperazine rings is 1. The average Bonchev–Trinajstić information content (AvgIpc) is 3.43. The Morgan fingerprint density at radius 3 is 2.33 bits per heavy atom. The Morgan fingerprint density at radius 2 is 1.74 bits per heavy atom. The largest absolute Gasteiger partial charge is 0.368 e. The third-order valence-corrected chi connectivity index (χ3v) is 9.57. The lowest BCUT2D eigenvalue weighted by Crippen LogP contribution is -2.51. The van der Waals surface area contributed by atoms with Crippen molar-refractivity contribution in [3.05, 3.63) is 46.0 Å². The Labute approximate surface area is 227 Å². The molecule has 0 bridgehead atoms. The molecule has 2 aliphatic rings. The number of pyridine rings is 2. The highest BCUT2D eigenvalue weighted by Crippen LogP contribution is 2.32. The molecule has 0 spiro atoms.